The van der Waals surface area contributed by atoms with Gasteiger partial charge in [0.05, 0.1) is 12.2 Å². The minimum absolute atomic E-state index is 0.115. The van der Waals surface area contributed by atoms with Crippen LogP contribution in [0.25, 0.3) is 0 Å². The van der Waals surface area contributed by atoms with Crippen LogP contribution < -0.4 is 4.74 Å². The van der Waals surface area contributed by atoms with Gasteiger partial charge in [-0.25, -0.2) is 0 Å². The van der Waals surface area contributed by atoms with Gasteiger partial charge < -0.3 is 14.6 Å². The predicted octanol–water partition coefficient (Wildman–Crippen LogP) is 2.54. The molecular weight excluding hydrogens is 204 g/mol. The maximum atomic E-state index is 9.45. The standard InChI is InChI=1S/C13H20O3/c1-10(7-8-15-3)16-13-6-4-5-12(9-13)11(2)14/h4-6,9-11,14H,7-8H2,1-3H3/t10?,11-/m0/s1. The Morgan fingerprint density at radius 1 is 1.31 bits per heavy atom. The van der Waals surface area contributed by atoms with E-state index in [-0.39, 0.29) is 6.10 Å². The lowest BCUT2D eigenvalue weighted by atomic mass is 10.1. The molecular formula is C13H20O3. The Hall–Kier alpha value is -1.06. The zero-order valence-electron chi connectivity index (χ0n) is 10.1. The fourth-order valence-electron chi connectivity index (χ4n) is 1.42. The van der Waals surface area contributed by atoms with Crippen LogP contribution in [0.2, 0.25) is 0 Å². The third-order valence-electron chi connectivity index (χ3n) is 2.41. The summed E-state index contributed by atoms with van der Waals surface area (Å²) in [5, 5.41) is 9.45. The highest BCUT2D eigenvalue weighted by atomic mass is 16.5. The van der Waals surface area contributed by atoms with Crippen LogP contribution in [0.15, 0.2) is 24.3 Å². The molecule has 3 nitrogen and oxygen atoms in total. The van der Waals surface area contributed by atoms with Gasteiger partial charge in [-0.05, 0) is 31.5 Å². The molecule has 0 saturated heterocycles. The summed E-state index contributed by atoms with van der Waals surface area (Å²) in [6, 6.07) is 7.54. The Kier molecular flexibility index (Phi) is 5.29. The molecule has 0 saturated carbocycles. The first-order chi connectivity index (χ1) is 7.63. The van der Waals surface area contributed by atoms with E-state index in [1.807, 2.05) is 31.2 Å². The van der Waals surface area contributed by atoms with Crippen LogP contribution >= 0.6 is 0 Å². The highest BCUT2D eigenvalue weighted by molar-refractivity contribution is 5.29. The number of aliphatic hydroxyl groups excluding tert-OH is 1. The van der Waals surface area contributed by atoms with Crippen molar-refractivity contribution in [2.75, 3.05) is 13.7 Å². The summed E-state index contributed by atoms with van der Waals surface area (Å²) in [6.07, 6.45) is 0.511. The second-order valence-corrected chi connectivity index (χ2v) is 3.96. The minimum atomic E-state index is -0.460. The van der Waals surface area contributed by atoms with Gasteiger partial charge in [-0.3, -0.25) is 0 Å². The molecule has 0 aliphatic rings. The lowest BCUT2D eigenvalue weighted by molar-refractivity contribution is 0.134. The molecule has 1 N–H and O–H groups in total. The van der Waals surface area contributed by atoms with Gasteiger partial charge in [0, 0.05) is 20.1 Å². The number of hydrogen-bond donors (Lipinski definition) is 1. The maximum Gasteiger partial charge on any atom is 0.120 e. The lowest BCUT2D eigenvalue weighted by Crippen LogP contribution is -2.14. The van der Waals surface area contributed by atoms with E-state index in [9.17, 15) is 5.11 Å². The molecule has 16 heavy (non-hydrogen) atoms. The monoisotopic (exact) mass is 224 g/mol. The van der Waals surface area contributed by atoms with E-state index in [0.717, 1.165) is 17.7 Å². The van der Waals surface area contributed by atoms with Gasteiger partial charge in [-0.1, -0.05) is 12.1 Å². The summed E-state index contributed by atoms with van der Waals surface area (Å²) in [4.78, 5) is 0. The molecule has 0 radical (unpaired) electrons. The molecule has 0 aliphatic heterocycles. The fourth-order valence-corrected chi connectivity index (χ4v) is 1.42. The predicted molar refractivity (Wildman–Crippen MR) is 63.7 cm³/mol. The third kappa shape index (κ3) is 4.21. The molecule has 0 aromatic heterocycles. The van der Waals surface area contributed by atoms with Gasteiger partial charge in [-0.2, -0.15) is 0 Å². The highest BCUT2D eigenvalue weighted by Gasteiger charge is 2.06. The summed E-state index contributed by atoms with van der Waals surface area (Å²) in [5.41, 5.74) is 0.872. The van der Waals surface area contributed by atoms with Gasteiger partial charge in [0.15, 0.2) is 0 Å². The number of methoxy groups -OCH3 is 1. The van der Waals surface area contributed by atoms with Gasteiger partial charge in [-0.15, -0.1) is 0 Å². The molecule has 1 aromatic carbocycles. The number of rotatable bonds is 6. The van der Waals surface area contributed by atoms with Crippen LogP contribution in [0.5, 0.6) is 5.75 Å². The molecule has 2 atom stereocenters. The average Bonchev–Trinajstić information content (AvgIpc) is 2.26. The minimum Gasteiger partial charge on any atom is -0.491 e. The molecule has 90 valence electrons. The molecule has 1 unspecified atom stereocenters. The Bertz CT molecular complexity index is 310. The van der Waals surface area contributed by atoms with E-state index in [1.165, 1.54) is 0 Å². The molecule has 0 aliphatic carbocycles. The lowest BCUT2D eigenvalue weighted by Gasteiger charge is -2.15. The Labute approximate surface area is 97.0 Å². The van der Waals surface area contributed by atoms with Gasteiger partial charge in [0.2, 0.25) is 0 Å². The van der Waals surface area contributed by atoms with E-state index in [1.54, 1.807) is 14.0 Å². The van der Waals surface area contributed by atoms with Gasteiger partial charge in [0.25, 0.3) is 0 Å². The molecule has 0 spiro atoms. The second-order valence-electron chi connectivity index (χ2n) is 3.96. The first kappa shape index (κ1) is 13.0. The van der Waals surface area contributed by atoms with Crippen molar-refractivity contribution < 1.29 is 14.6 Å². The van der Waals surface area contributed by atoms with Crippen molar-refractivity contribution in [2.45, 2.75) is 32.5 Å². The van der Waals surface area contributed by atoms with Crippen molar-refractivity contribution in [2.24, 2.45) is 0 Å². The van der Waals surface area contributed by atoms with E-state index in [2.05, 4.69) is 0 Å². The molecule has 0 amide bonds. The van der Waals surface area contributed by atoms with E-state index < -0.39 is 6.10 Å². The molecule has 0 bridgehead atoms. The van der Waals surface area contributed by atoms with Crippen LogP contribution in [0.4, 0.5) is 0 Å². The Morgan fingerprint density at radius 3 is 2.69 bits per heavy atom. The second kappa shape index (κ2) is 6.51. The van der Waals surface area contributed by atoms with Crippen LogP contribution in [-0.2, 0) is 4.74 Å². The number of hydrogen-bond acceptors (Lipinski definition) is 3. The first-order valence-electron chi connectivity index (χ1n) is 5.57. The summed E-state index contributed by atoms with van der Waals surface area (Å²) in [7, 11) is 1.68. The van der Waals surface area contributed by atoms with Crippen LogP contribution in [-0.4, -0.2) is 24.9 Å². The van der Waals surface area contributed by atoms with E-state index in [4.69, 9.17) is 9.47 Å². The zero-order chi connectivity index (χ0) is 12.0. The van der Waals surface area contributed by atoms with Crippen molar-refractivity contribution >= 4 is 0 Å². The fraction of sp³-hybridized carbons (Fsp3) is 0.538. The zero-order valence-corrected chi connectivity index (χ0v) is 10.1. The molecule has 1 aromatic rings. The topological polar surface area (TPSA) is 38.7 Å². The summed E-state index contributed by atoms with van der Waals surface area (Å²) in [5.74, 6) is 0.794. The normalized spacial score (nSPS) is 14.5. The number of ether oxygens (including phenoxy) is 2. The SMILES string of the molecule is COCCC(C)Oc1cccc([C@H](C)O)c1. The van der Waals surface area contributed by atoms with Crippen molar-refractivity contribution in [3.8, 4) is 5.75 Å². The summed E-state index contributed by atoms with van der Waals surface area (Å²) < 4.78 is 10.7. The number of aliphatic hydroxyl groups is 1. The first-order valence-corrected chi connectivity index (χ1v) is 5.57. The van der Waals surface area contributed by atoms with Gasteiger partial charge in [0.1, 0.15) is 5.75 Å². The average molecular weight is 224 g/mol. The largest absolute Gasteiger partial charge is 0.491 e. The van der Waals surface area contributed by atoms with Crippen molar-refractivity contribution in [1.29, 1.82) is 0 Å². The van der Waals surface area contributed by atoms with Crippen LogP contribution in [0, 0.1) is 0 Å². The van der Waals surface area contributed by atoms with Crippen molar-refractivity contribution in [3.05, 3.63) is 29.8 Å². The summed E-state index contributed by atoms with van der Waals surface area (Å²) >= 11 is 0. The highest BCUT2D eigenvalue weighted by Crippen LogP contribution is 2.20. The quantitative estimate of drug-likeness (QED) is 0.807. The Morgan fingerprint density at radius 2 is 2.06 bits per heavy atom. The molecule has 3 heteroatoms. The summed E-state index contributed by atoms with van der Waals surface area (Å²) in [6.45, 7) is 4.44. The Balaban J connectivity index is 2.56. The third-order valence-corrected chi connectivity index (χ3v) is 2.41. The molecule has 0 heterocycles. The molecule has 1 rings (SSSR count). The van der Waals surface area contributed by atoms with E-state index in [0.29, 0.717) is 6.61 Å². The van der Waals surface area contributed by atoms with Crippen LogP contribution in [0.3, 0.4) is 0 Å². The number of benzene rings is 1. The van der Waals surface area contributed by atoms with E-state index >= 15 is 0 Å². The van der Waals surface area contributed by atoms with Gasteiger partial charge >= 0.3 is 0 Å². The smallest absolute Gasteiger partial charge is 0.120 e. The van der Waals surface area contributed by atoms with Crippen LogP contribution in [0.1, 0.15) is 31.9 Å². The van der Waals surface area contributed by atoms with Crippen molar-refractivity contribution in [3.63, 3.8) is 0 Å². The van der Waals surface area contributed by atoms with Crippen molar-refractivity contribution in [1.82, 2.24) is 0 Å². The molecule has 0 fully saturated rings. The maximum absolute atomic E-state index is 9.45.